The first-order valence-corrected chi connectivity index (χ1v) is 12.1. The number of amides is 1. The molecule has 3 aromatic carbocycles. The summed E-state index contributed by atoms with van der Waals surface area (Å²) in [7, 11) is 0. The van der Waals surface area contributed by atoms with E-state index in [4.69, 9.17) is 4.74 Å². The molecule has 0 aliphatic carbocycles. The molecule has 35 heavy (non-hydrogen) atoms. The van der Waals surface area contributed by atoms with Crippen molar-refractivity contribution in [1.29, 1.82) is 0 Å². The maximum absolute atomic E-state index is 13.3. The van der Waals surface area contributed by atoms with Crippen LogP contribution in [0.3, 0.4) is 0 Å². The van der Waals surface area contributed by atoms with Crippen molar-refractivity contribution in [2.45, 2.75) is 12.1 Å². The largest absolute Gasteiger partial charge is 0.494 e. The quantitative estimate of drug-likeness (QED) is 0.161. The summed E-state index contributed by atoms with van der Waals surface area (Å²) in [6.45, 7) is 2.46. The van der Waals surface area contributed by atoms with Crippen molar-refractivity contribution >= 4 is 40.9 Å². The standard InChI is InChI=1S/C27H24N4O3S/c1-2-34-22-16-14-21(15-17-22)31-26(33)23-12-6-7-13-24(23)29-27(31)35-19-25(32)30-28-18-8-11-20-9-4-3-5-10-20/h3-18H,2,19H2,1H3,(H,30,32). The molecule has 0 bridgehead atoms. The zero-order valence-corrected chi connectivity index (χ0v) is 19.9. The Labute approximate surface area is 207 Å². The van der Waals surface area contributed by atoms with E-state index in [0.717, 1.165) is 5.56 Å². The molecule has 1 heterocycles. The van der Waals surface area contributed by atoms with Gasteiger partial charge in [0.05, 0.1) is 29.0 Å². The maximum Gasteiger partial charge on any atom is 0.266 e. The highest BCUT2D eigenvalue weighted by Gasteiger charge is 2.15. The molecule has 1 N–H and O–H groups in total. The molecule has 1 amide bonds. The number of aromatic nitrogens is 2. The van der Waals surface area contributed by atoms with Crippen LogP contribution < -0.4 is 15.7 Å². The molecule has 0 spiro atoms. The number of nitrogens with one attached hydrogen (secondary N) is 1. The molecule has 4 rings (SSSR count). The fourth-order valence-electron chi connectivity index (χ4n) is 3.33. The zero-order valence-electron chi connectivity index (χ0n) is 19.1. The fourth-order valence-corrected chi connectivity index (χ4v) is 4.13. The van der Waals surface area contributed by atoms with Gasteiger partial charge >= 0.3 is 0 Å². The highest BCUT2D eigenvalue weighted by molar-refractivity contribution is 7.99. The summed E-state index contributed by atoms with van der Waals surface area (Å²) in [5.74, 6) is 0.451. The molecule has 0 fully saturated rings. The van der Waals surface area contributed by atoms with Crippen LogP contribution in [0, 0.1) is 0 Å². The predicted molar refractivity (Wildman–Crippen MR) is 141 cm³/mol. The van der Waals surface area contributed by atoms with Crippen molar-refractivity contribution in [1.82, 2.24) is 15.0 Å². The molecule has 0 saturated carbocycles. The van der Waals surface area contributed by atoms with E-state index in [-0.39, 0.29) is 17.2 Å². The highest BCUT2D eigenvalue weighted by atomic mass is 32.2. The summed E-state index contributed by atoms with van der Waals surface area (Å²) >= 11 is 1.17. The number of carbonyl (C=O) groups excluding carboxylic acids is 1. The second-order valence-corrected chi connectivity index (χ2v) is 8.29. The van der Waals surface area contributed by atoms with Gasteiger partial charge in [-0.15, -0.1) is 0 Å². The summed E-state index contributed by atoms with van der Waals surface area (Å²) in [6.07, 6.45) is 5.15. The number of carbonyl (C=O) groups is 1. The number of thioether (sulfide) groups is 1. The zero-order chi connectivity index (χ0) is 24.5. The van der Waals surface area contributed by atoms with Crippen LogP contribution in [0.5, 0.6) is 5.75 Å². The third-order valence-electron chi connectivity index (χ3n) is 4.92. The Morgan fingerprint density at radius 2 is 1.80 bits per heavy atom. The van der Waals surface area contributed by atoms with Crippen LogP contribution >= 0.6 is 11.8 Å². The van der Waals surface area contributed by atoms with Crippen LogP contribution in [-0.2, 0) is 4.79 Å². The third-order valence-corrected chi connectivity index (χ3v) is 5.86. The van der Waals surface area contributed by atoms with Crippen molar-refractivity contribution in [2.75, 3.05) is 12.4 Å². The first kappa shape index (κ1) is 24.0. The van der Waals surface area contributed by atoms with E-state index in [1.54, 1.807) is 48.5 Å². The van der Waals surface area contributed by atoms with Crippen molar-refractivity contribution < 1.29 is 9.53 Å². The van der Waals surface area contributed by atoms with Crippen LogP contribution in [0.15, 0.2) is 100.0 Å². The van der Waals surface area contributed by atoms with Crippen LogP contribution in [0.4, 0.5) is 0 Å². The normalized spacial score (nSPS) is 11.3. The van der Waals surface area contributed by atoms with Gasteiger partial charge < -0.3 is 4.74 Å². The lowest BCUT2D eigenvalue weighted by Crippen LogP contribution is -2.24. The monoisotopic (exact) mass is 484 g/mol. The molecule has 0 atom stereocenters. The number of hydrogen-bond acceptors (Lipinski definition) is 6. The maximum atomic E-state index is 13.3. The number of hydrogen-bond donors (Lipinski definition) is 1. The van der Waals surface area contributed by atoms with E-state index in [9.17, 15) is 9.59 Å². The van der Waals surface area contributed by atoms with Gasteiger partial charge in [0.25, 0.3) is 11.5 Å². The summed E-state index contributed by atoms with van der Waals surface area (Å²) in [5, 5.41) is 4.87. The lowest BCUT2D eigenvalue weighted by Gasteiger charge is -2.13. The second-order valence-electron chi connectivity index (χ2n) is 7.35. The lowest BCUT2D eigenvalue weighted by molar-refractivity contribution is -0.118. The Kier molecular flexibility index (Phi) is 8.08. The van der Waals surface area contributed by atoms with Gasteiger partial charge in [-0.2, -0.15) is 5.10 Å². The third kappa shape index (κ3) is 6.24. The van der Waals surface area contributed by atoms with Crippen molar-refractivity contribution in [3.05, 3.63) is 101 Å². The number of hydrazone groups is 1. The lowest BCUT2D eigenvalue weighted by atomic mass is 10.2. The Morgan fingerprint density at radius 3 is 2.57 bits per heavy atom. The molecule has 1 aromatic heterocycles. The van der Waals surface area contributed by atoms with Crippen molar-refractivity contribution in [3.8, 4) is 11.4 Å². The second kappa shape index (κ2) is 11.8. The molecule has 0 aliphatic heterocycles. The number of fused-ring (bicyclic) bond motifs is 1. The van der Waals surface area contributed by atoms with Gasteiger partial charge in [0.15, 0.2) is 5.16 Å². The average molecular weight is 485 g/mol. The number of allylic oxidation sites excluding steroid dienone is 1. The van der Waals surface area contributed by atoms with E-state index >= 15 is 0 Å². The number of rotatable bonds is 9. The van der Waals surface area contributed by atoms with Crippen LogP contribution in [0.2, 0.25) is 0 Å². The van der Waals surface area contributed by atoms with Gasteiger partial charge in [0, 0.05) is 6.21 Å². The van der Waals surface area contributed by atoms with Crippen LogP contribution in [0.1, 0.15) is 12.5 Å². The van der Waals surface area contributed by atoms with Gasteiger partial charge in [-0.3, -0.25) is 14.2 Å². The first-order chi connectivity index (χ1) is 17.2. The molecular formula is C27H24N4O3S. The Bertz CT molecular complexity index is 1410. The van der Waals surface area contributed by atoms with Gasteiger partial charge in [0.1, 0.15) is 5.75 Å². The summed E-state index contributed by atoms with van der Waals surface area (Å²) in [4.78, 5) is 30.3. The van der Waals surface area contributed by atoms with E-state index in [1.165, 1.54) is 22.5 Å². The molecule has 8 heteroatoms. The average Bonchev–Trinajstić information content (AvgIpc) is 2.89. The minimum atomic E-state index is -0.306. The van der Waals surface area contributed by atoms with E-state index in [0.29, 0.717) is 34.1 Å². The predicted octanol–water partition coefficient (Wildman–Crippen LogP) is 4.69. The highest BCUT2D eigenvalue weighted by Crippen LogP contribution is 2.22. The minimum absolute atomic E-state index is 0.0432. The fraction of sp³-hybridized carbons (Fsp3) is 0.111. The smallest absolute Gasteiger partial charge is 0.266 e. The molecule has 0 saturated heterocycles. The topological polar surface area (TPSA) is 85.6 Å². The van der Waals surface area contributed by atoms with Crippen LogP contribution in [0.25, 0.3) is 22.7 Å². The van der Waals surface area contributed by atoms with Gasteiger partial charge in [0.2, 0.25) is 0 Å². The van der Waals surface area contributed by atoms with Crippen LogP contribution in [-0.4, -0.2) is 34.0 Å². The minimum Gasteiger partial charge on any atom is -0.494 e. The van der Waals surface area contributed by atoms with Gasteiger partial charge in [-0.1, -0.05) is 60.3 Å². The molecular weight excluding hydrogens is 460 g/mol. The Morgan fingerprint density at radius 1 is 1.06 bits per heavy atom. The number of nitrogens with zero attached hydrogens (tertiary/aromatic N) is 3. The molecule has 0 aliphatic rings. The van der Waals surface area contributed by atoms with Gasteiger partial charge in [-0.05, 0) is 55.0 Å². The first-order valence-electron chi connectivity index (χ1n) is 11.1. The summed E-state index contributed by atoms with van der Waals surface area (Å²) < 4.78 is 7.02. The molecule has 0 unspecified atom stereocenters. The summed E-state index contributed by atoms with van der Waals surface area (Å²) in [5.41, 5.74) is 4.55. The molecule has 0 radical (unpaired) electrons. The van der Waals surface area contributed by atoms with E-state index < -0.39 is 0 Å². The SMILES string of the molecule is CCOc1ccc(-n2c(SCC(=O)NN=CC=Cc3ccccc3)nc3ccccc3c2=O)cc1. The van der Waals surface area contributed by atoms with Gasteiger partial charge in [-0.25, -0.2) is 10.4 Å². The Hall–Kier alpha value is -4.17. The summed E-state index contributed by atoms with van der Waals surface area (Å²) in [6, 6.07) is 24.2. The van der Waals surface area contributed by atoms with Crippen molar-refractivity contribution in [3.63, 3.8) is 0 Å². The van der Waals surface area contributed by atoms with Crippen molar-refractivity contribution in [2.24, 2.45) is 5.10 Å². The molecule has 4 aromatic rings. The Balaban J connectivity index is 1.50. The molecule has 7 nitrogen and oxygen atoms in total. The number of ether oxygens (including phenoxy) is 1. The number of para-hydroxylation sites is 1. The van der Waals surface area contributed by atoms with E-state index in [2.05, 4.69) is 15.5 Å². The van der Waals surface area contributed by atoms with E-state index in [1.807, 2.05) is 49.4 Å². The molecule has 176 valence electrons. The number of benzene rings is 3.